The highest BCUT2D eigenvalue weighted by atomic mass is 32.2. The third kappa shape index (κ3) is 8.46. The van der Waals surface area contributed by atoms with E-state index in [0.717, 1.165) is 58.2 Å². The molecule has 3 aromatic rings. The number of ether oxygens (including phenoxy) is 1. The van der Waals surface area contributed by atoms with Crippen LogP contribution < -0.4 is 10.1 Å². The van der Waals surface area contributed by atoms with Gasteiger partial charge < -0.3 is 9.64 Å². The summed E-state index contributed by atoms with van der Waals surface area (Å²) in [6, 6.07) is 24.2. The number of imide groups is 1. The number of carbonyl (C=O) groups excluding carboxylic acids is 3. The van der Waals surface area contributed by atoms with Gasteiger partial charge in [0.15, 0.2) is 0 Å². The topological polar surface area (TPSA) is 75.7 Å². The molecule has 0 bridgehead atoms. The summed E-state index contributed by atoms with van der Waals surface area (Å²) >= 11 is 1.05. The summed E-state index contributed by atoms with van der Waals surface area (Å²) in [6.45, 7) is 3.11. The fraction of sp³-hybridized carbons (Fsp3) is 0.364. The van der Waals surface area contributed by atoms with Crippen LogP contribution in [0.3, 0.4) is 0 Å². The first-order chi connectivity index (χ1) is 19.4. The van der Waals surface area contributed by atoms with Crippen LogP contribution in [0.25, 0.3) is 11.1 Å². The Morgan fingerprint density at radius 3 is 2.33 bits per heavy atom. The number of carbonyl (C=O) groups is 3. The molecule has 6 nitrogen and oxygen atoms in total. The van der Waals surface area contributed by atoms with E-state index in [0.29, 0.717) is 26.0 Å². The first kappa shape index (κ1) is 29.4. The Morgan fingerprint density at radius 2 is 1.62 bits per heavy atom. The fourth-order valence-electron chi connectivity index (χ4n) is 4.75. The molecular formula is C33H38N2O4S. The molecule has 0 spiro atoms. The Labute approximate surface area is 241 Å². The summed E-state index contributed by atoms with van der Waals surface area (Å²) in [5, 5.41) is 1.68. The molecule has 1 aliphatic heterocycles. The maximum atomic E-state index is 12.9. The van der Waals surface area contributed by atoms with Crippen molar-refractivity contribution in [1.29, 1.82) is 0 Å². The Kier molecular flexibility index (Phi) is 10.8. The molecule has 0 aliphatic carbocycles. The van der Waals surface area contributed by atoms with E-state index in [1.165, 1.54) is 19.3 Å². The molecule has 1 fully saturated rings. The Hall–Kier alpha value is -3.58. The number of hydrogen-bond donors (Lipinski definition) is 1. The van der Waals surface area contributed by atoms with E-state index >= 15 is 0 Å². The number of unbranched alkanes of at least 4 members (excludes halogenated alkanes) is 4. The average Bonchev–Trinajstić information content (AvgIpc) is 3.28. The SMILES string of the molecule is CCCCCCCC(=O)N(C)Cc1cc(-c2ccc(CC3SC(=O)NC3=O)cc2)ccc1OCc1ccccc1. The van der Waals surface area contributed by atoms with Gasteiger partial charge in [-0.25, -0.2) is 0 Å². The molecule has 7 heteroatoms. The maximum Gasteiger partial charge on any atom is 0.286 e. The Morgan fingerprint density at radius 1 is 0.900 bits per heavy atom. The number of nitrogens with zero attached hydrogens (tertiary/aromatic N) is 1. The molecule has 4 rings (SSSR count). The molecule has 1 saturated heterocycles. The smallest absolute Gasteiger partial charge is 0.286 e. The van der Waals surface area contributed by atoms with Gasteiger partial charge in [-0.05, 0) is 47.2 Å². The van der Waals surface area contributed by atoms with Crippen molar-refractivity contribution in [1.82, 2.24) is 10.2 Å². The number of hydrogen-bond acceptors (Lipinski definition) is 5. The first-order valence-corrected chi connectivity index (χ1v) is 15.0. The highest BCUT2D eigenvalue weighted by Crippen LogP contribution is 2.30. The molecule has 0 saturated carbocycles. The van der Waals surface area contributed by atoms with Crippen molar-refractivity contribution >= 4 is 28.8 Å². The van der Waals surface area contributed by atoms with E-state index in [4.69, 9.17) is 4.74 Å². The third-order valence-corrected chi connectivity index (χ3v) is 8.08. The largest absolute Gasteiger partial charge is 0.489 e. The van der Waals surface area contributed by atoms with Crippen molar-refractivity contribution in [3.8, 4) is 16.9 Å². The molecule has 1 unspecified atom stereocenters. The summed E-state index contributed by atoms with van der Waals surface area (Å²) in [4.78, 5) is 38.1. The lowest BCUT2D eigenvalue weighted by atomic mass is 9.99. The van der Waals surface area contributed by atoms with Gasteiger partial charge in [0.25, 0.3) is 5.24 Å². The van der Waals surface area contributed by atoms with Crippen molar-refractivity contribution in [2.45, 2.75) is 70.3 Å². The van der Waals surface area contributed by atoms with Gasteiger partial charge in [-0.2, -0.15) is 0 Å². The highest BCUT2D eigenvalue weighted by Gasteiger charge is 2.31. The number of nitrogens with one attached hydrogen (secondary N) is 1. The normalized spacial score (nSPS) is 14.7. The predicted octanol–water partition coefficient (Wildman–Crippen LogP) is 7.15. The molecule has 1 aliphatic rings. The number of benzene rings is 3. The van der Waals surface area contributed by atoms with E-state index in [2.05, 4.69) is 18.3 Å². The predicted molar refractivity (Wildman–Crippen MR) is 161 cm³/mol. The summed E-state index contributed by atoms with van der Waals surface area (Å²) in [6.07, 6.45) is 6.66. The zero-order chi connectivity index (χ0) is 28.3. The second kappa shape index (κ2) is 14.7. The standard InChI is InChI=1S/C33H38N2O4S/c1-3-4-5-6-10-13-31(36)35(2)22-28-21-27(18-19-29(28)39-23-25-11-8-7-9-12-25)26-16-14-24(15-17-26)20-30-32(37)34-33(38)40-30/h7-9,11-12,14-19,21,30H,3-6,10,13,20,22-23H2,1-2H3,(H,34,37,38). The van der Waals surface area contributed by atoms with Gasteiger partial charge in [0, 0.05) is 25.6 Å². The van der Waals surface area contributed by atoms with Crippen LogP contribution in [0.5, 0.6) is 5.75 Å². The second-order valence-corrected chi connectivity index (χ2v) is 11.5. The van der Waals surface area contributed by atoms with E-state index in [-0.39, 0.29) is 22.3 Å². The van der Waals surface area contributed by atoms with Gasteiger partial charge in [0.1, 0.15) is 12.4 Å². The lowest BCUT2D eigenvalue weighted by molar-refractivity contribution is -0.130. The lowest BCUT2D eigenvalue weighted by Crippen LogP contribution is -2.26. The van der Waals surface area contributed by atoms with Crippen molar-refractivity contribution in [3.05, 3.63) is 89.5 Å². The summed E-state index contributed by atoms with van der Waals surface area (Å²) in [7, 11) is 1.86. The molecular weight excluding hydrogens is 520 g/mol. The molecule has 1 atom stereocenters. The quantitative estimate of drug-likeness (QED) is 0.213. The van der Waals surface area contributed by atoms with Gasteiger partial charge in [0.2, 0.25) is 11.8 Å². The lowest BCUT2D eigenvalue weighted by Gasteiger charge is -2.21. The van der Waals surface area contributed by atoms with Gasteiger partial charge in [-0.1, -0.05) is 105 Å². The van der Waals surface area contributed by atoms with Crippen LogP contribution in [0.1, 0.15) is 62.1 Å². The highest BCUT2D eigenvalue weighted by molar-refractivity contribution is 8.15. The number of thioether (sulfide) groups is 1. The van der Waals surface area contributed by atoms with Gasteiger partial charge in [-0.15, -0.1) is 0 Å². The van der Waals surface area contributed by atoms with E-state index in [1.807, 2.05) is 73.8 Å². The molecule has 1 N–H and O–H groups in total. The van der Waals surface area contributed by atoms with E-state index in [1.54, 1.807) is 4.90 Å². The van der Waals surface area contributed by atoms with Crippen molar-refractivity contribution < 1.29 is 19.1 Å². The zero-order valence-corrected chi connectivity index (χ0v) is 24.2. The second-order valence-electron chi connectivity index (χ2n) is 10.3. The van der Waals surface area contributed by atoms with Crippen molar-refractivity contribution in [2.75, 3.05) is 7.05 Å². The van der Waals surface area contributed by atoms with E-state index in [9.17, 15) is 14.4 Å². The van der Waals surface area contributed by atoms with Crippen LogP contribution in [0.2, 0.25) is 0 Å². The Balaban J connectivity index is 1.47. The van der Waals surface area contributed by atoms with Crippen LogP contribution >= 0.6 is 11.8 Å². The van der Waals surface area contributed by atoms with Crippen LogP contribution in [0.15, 0.2) is 72.8 Å². The molecule has 3 amide bonds. The Bertz CT molecular complexity index is 1290. The van der Waals surface area contributed by atoms with E-state index < -0.39 is 0 Å². The zero-order valence-electron chi connectivity index (χ0n) is 23.4. The van der Waals surface area contributed by atoms with Gasteiger partial charge in [0.05, 0.1) is 5.25 Å². The van der Waals surface area contributed by atoms with Gasteiger partial charge >= 0.3 is 0 Å². The number of rotatable bonds is 14. The molecule has 40 heavy (non-hydrogen) atoms. The molecule has 0 aromatic heterocycles. The van der Waals surface area contributed by atoms with Crippen LogP contribution in [-0.2, 0) is 29.2 Å². The van der Waals surface area contributed by atoms with Crippen molar-refractivity contribution in [2.24, 2.45) is 0 Å². The fourth-order valence-corrected chi connectivity index (χ4v) is 5.61. The molecule has 3 aromatic carbocycles. The maximum absolute atomic E-state index is 12.9. The minimum atomic E-state index is -0.384. The van der Waals surface area contributed by atoms with Crippen LogP contribution in [0.4, 0.5) is 4.79 Å². The molecule has 0 radical (unpaired) electrons. The average molecular weight is 559 g/mol. The monoisotopic (exact) mass is 558 g/mol. The van der Waals surface area contributed by atoms with Crippen LogP contribution in [0, 0.1) is 0 Å². The number of amides is 3. The third-order valence-electron chi connectivity index (χ3n) is 7.10. The van der Waals surface area contributed by atoms with Crippen molar-refractivity contribution in [3.63, 3.8) is 0 Å². The first-order valence-electron chi connectivity index (χ1n) is 14.1. The summed E-state index contributed by atoms with van der Waals surface area (Å²) < 4.78 is 6.23. The minimum Gasteiger partial charge on any atom is -0.489 e. The molecule has 1 heterocycles. The minimum absolute atomic E-state index is 0.146. The van der Waals surface area contributed by atoms with Gasteiger partial charge in [-0.3, -0.25) is 19.7 Å². The summed E-state index contributed by atoms with van der Waals surface area (Å²) in [5.74, 6) is 0.683. The summed E-state index contributed by atoms with van der Waals surface area (Å²) in [5.41, 5.74) is 5.09. The molecule has 210 valence electrons. The van der Waals surface area contributed by atoms with Crippen LogP contribution in [-0.4, -0.2) is 34.3 Å².